The molecule has 0 atom stereocenters. The van der Waals surface area contributed by atoms with Gasteiger partial charge in [0.1, 0.15) is 11.6 Å². The summed E-state index contributed by atoms with van der Waals surface area (Å²) in [4.78, 5) is 0. The van der Waals surface area contributed by atoms with Crippen LogP contribution >= 0.6 is 0 Å². The van der Waals surface area contributed by atoms with Crippen LogP contribution in [0.4, 0.5) is 8.78 Å². The van der Waals surface area contributed by atoms with Crippen LogP contribution in [-0.4, -0.2) is 18.7 Å². The molecule has 1 aromatic carbocycles. The first-order valence-corrected chi connectivity index (χ1v) is 7.48. The van der Waals surface area contributed by atoms with E-state index in [1.54, 1.807) is 0 Å². The Morgan fingerprint density at radius 1 is 1.20 bits per heavy atom. The summed E-state index contributed by atoms with van der Waals surface area (Å²) < 4.78 is 32.0. The molecular formula is C16H23F2NO. The van der Waals surface area contributed by atoms with Crippen molar-refractivity contribution in [2.75, 3.05) is 6.54 Å². The Morgan fingerprint density at radius 2 is 1.95 bits per heavy atom. The van der Waals surface area contributed by atoms with Crippen molar-refractivity contribution in [1.29, 1.82) is 0 Å². The molecule has 20 heavy (non-hydrogen) atoms. The fourth-order valence-electron chi connectivity index (χ4n) is 2.63. The van der Waals surface area contributed by atoms with E-state index in [1.165, 1.54) is 12.1 Å². The van der Waals surface area contributed by atoms with E-state index in [1.807, 2.05) is 0 Å². The van der Waals surface area contributed by atoms with Crippen molar-refractivity contribution in [1.82, 2.24) is 5.32 Å². The quantitative estimate of drug-likeness (QED) is 0.857. The maximum absolute atomic E-state index is 13.5. The zero-order valence-electron chi connectivity index (χ0n) is 12.0. The molecular weight excluding hydrogens is 260 g/mol. The fourth-order valence-corrected chi connectivity index (χ4v) is 2.63. The molecule has 0 saturated heterocycles. The minimum Gasteiger partial charge on any atom is -0.373 e. The van der Waals surface area contributed by atoms with Crippen LogP contribution in [0.5, 0.6) is 0 Å². The van der Waals surface area contributed by atoms with Crippen LogP contribution in [0.15, 0.2) is 18.2 Å². The molecule has 1 N–H and O–H groups in total. The summed E-state index contributed by atoms with van der Waals surface area (Å²) in [5.74, 6) is -1.07. The lowest BCUT2D eigenvalue weighted by Gasteiger charge is -2.29. The van der Waals surface area contributed by atoms with Crippen LogP contribution in [0.2, 0.25) is 0 Å². The summed E-state index contributed by atoms with van der Waals surface area (Å²) in [6.45, 7) is 3.46. The molecule has 1 aliphatic rings. The molecule has 0 spiro atoms. The molecule has 0 heterocycles. The minimum absolute atomic E-state index is 0.194. The van der Waals surface area contributed by atoms with Gasteiger partial charge in [0.05, 0.1) is 12.7 Å². The fraction of sp³-hybridized carbons (Fsp3) is 0.625. The second-order valence-corrected chi connectivity index (χ2v) is 5.47. The second-order valence-electron chi connectivity index (χ2n) is 5.47. The van der Waals surface area contributed by atoms with E-state index in [2.05, 4.69) is 12.2 Å². The van der Waals surface area contributed by atoms with Crippen molar-refractivity contribution >= 4 is 0 Å². The van der Waals surface area contributed by atoms with Crippen molar-refractivity contribution in [3.05, 3.63) is 35.4 Å². The summed E-state index contributed by atoms with van der Waals surface area (Å²) in [6.07, 6.45) is 5.57. The topological polar surface area (TPSA) is 21.3 Å². The van der Waals surface area contributed by atoms with E-state index in [-0.39, 0.29) is 12.7 Å². The smallest absolute Gasteiger partial charge is 0.131 e. The predicted molar refractivity (Wildman–Crippen MR) is 75.5 cm³/mol. The number of hydrogen-bond acceptors (Lipinski definition) is 2. The summed E-state index contributed by atoms with van der Waals surface area (Å²) >= 11 is 0. The van der Waals surface area contributed by atoms with Gasteiger partial charge < -0.3 is 10.1 Å². The molecule has 112 valence electrons. The Labute approximate surface area is 119 Å². The van der Waals surface area contributed by atoms with Gasteiger partial charge in [-0.15, -0.1) is 0 Å². The van der Waals surface area contributed by atoms with E-state index in [9.17, 15) is 8.78 Å². The highest BCUT2D eigenvalue weighted by Gasteiger charge is 2.21. The van der Waals surface area contributed by atoms with Gasteiger partial charge in [-0.3, -0.25) is 0 Å². The van der Waals surface area contributed by atoms with Crippen molar-refractivity contribution in [2.24, 2.45) is 0 Å². The van der Waals surface area contributed by atoms with Gasteiger partial charge in [-0.1, -0.05) is 13.0 Å². The molecule has 0 amide bonds. The van der Waals surface area contributed by atoms with Gasteiger partial charge in [-0.05, 0) is 44.7 Å². The van der Waals surface area contributed by atoms with Crippen molar-refractivity contribution < 1.29 is 13.5 Å². The molecule has 0 unspecified atom stereocenters. The van der Waals surface area contributed by atoms with Crippen LogP contribution < -0.4 is 5.32 Å². The third kappa shape index (κ3) is 4.53. The highest BCUT2D eigenvalue weighted by atomic mass is 19.1. The zero-order chi connectivity index (χ0) is 14.4. The van der Waals surface area contributed by atoms with E-state index in [0.29, 0.717) is 11.6 Å². The van der Waals surface area contributed by atoms with Gasteiger partial charge in [0.2, 0.25) is 0 Å². The van der Waals surface area contributed by atoms with E-state index < -0.39 is 11.6 Å². The van der Waals surface area contributed by atoms with Crippen molar-refractivity contribution in [2.45, 2.75) is 57.8 Å². The Morgan fingerprint density at radius 3 is 2.60 bits per heavy atom. The van der Waals surface area contributed by atoms with Gasteiger partial charge in [-0.2, -0.15) is 0 Å². The summed E-state index contributed by atoms with van der Waals surface area (Å²) in [5, 5.41) is 3.52. The molecule has 4 heteroatoms. The number of benzene rings is 1. The molecule has 1 aliphatic carbocycles. The number of ether oxygens (including phenoxy) is 1. The lowest BCUT2D eigenvalue weighted by molar-refractivity contribution is 0.0101. The van der Waals surface area contributed by atoms with Crippen LogP contribution in [0, 0.1) is 11.6 Å². The molecule has 1 fully saturated rings. The second kappa shape index (κ2) is 7.70. The van der Waals surface area contributed by atoms with Gasteiger partial charge in [0.15, 0.2) is 0 Å². The molecule has 0 bridgehead atoms. The van der Waals surface area contributed by atoms with E-state index >= 15 is 0 Å². The number of hydrogen-bond donors (Lipinski definition) is 1. The molecule has 2 rings (SSSR count). The average Bonchev–Trinajstić information content (AvgIpc) is 2.45. The Balaban J connectivity index is 1.73. The lowest BCUT2D eigenvalue weighted by Crippen LogP contribution is -2.35. The normalized spacial score (nSPS) is 22.9. The first-order chi connectivity index (χ1) is 9.69. The Kier molecular flexibility index (Phi) is 5.92. The Bertz CT molecular complexity index is 417. The summed E-state index contributed by atoms with van der Waals surface area (Å²) in [5.41, 5.74) is 0.428. The molecule has 0 aromatic heterocycles. The molecule has 0 aliphatic heterocycles. The first kappa shape index (κ1) is 15.4. The van der Waals surface area contributed by atoms with Gasteiger partial charge >= 0.3 is 0 Å². The highest BCUT2D eigenvalue weighted by molar-refractivity contribution is 5.17. The third-order valence-electron chi connectivity index (χ3n) is 3.85. The average molecular weight is 283 g/mol. The number of rotatable bonds is 6. The lowest BCUT2D eigenvalue weighted by atomic mass is 9.93. The van der Waals surface area contributed by atoms with E-state index in [0.717, 1.165) is 44.7 Å². The minimum atomic E-state index is -0.547. The predicted octanol–water partition coefficient (Wildman–Crippen LogP) is 3.79. The standard InChI is InChI=1S/C16H23F2NO/c1-2-9-19-14-5-7-15(8-6-14)20-11-12-3-4-13(17)10-16(12)18/h3-4,10,14-15,19H,2,5-9,11H2,1H3. The van der Waals surface area contributed by atoms with Crippen molar-refractivity contribution in [3.63, 3.8) is 0 Å². The van der Waals surface area contributed by atoms with Crippen LogP contribution in [0.3, 0.4) is 0 Å². The molecule has 0 radical (unpaired) electrons. The first-order valence-electron chi connectivity index (χ1n) is 7.48. The van der Waals surface area contributed by atoms with Crippen LogP contribution in [0.1, 0.15) is 44.6 Å². The molecule has 2 nitrogen and oxygen atoms in total. The summed E-state index contributed by atoms with van der Waals surface area (Å²) in [6, 6.07) is 4.23. The maximum Gasteiger partial charge on any atom is 0.131 e. The third-order valence-corrected chi connectivity index (χ3v) is 3.85. The van der Waals surface area contributed by atoms with Crippen molar-refractivity contribution in [3.8, 4) is 0 Å². The zero-order valence-corrected chi connectivity index (χ0v) is 12.0. The van der Waals surface area contributed by atoms with Gasteiger partial charge in [0, 0.05) is 17.7 Å². The summed E-state index contributed by atoms with van der Waals surface area (Å²) in [7, 11) is 0. The Hall–Kier alpha value is -1.00. The largest absolute Gasteiger partial charge is 0.373 e. The van der Waals surface area contributed by atoms with Crippen LogP contribution in [-0.2, 0) is 11.3 Å². The number of halogens is 2. The highest BCUT2D eigenvalue weighted by Crippen LogP contribution is 2.23. The SMILES string of the molecule is CCCNC1CCC(OCc2ccc(F)cc2F)CC1. The molecule has 1 aromatic rings. The number of nitrogens with one attached hydrogen (secondary N) is 1. The van der Waals surface area contributed by atoms with Gasteiger partial charge in [-0.25, -0.2) is 8.78 Å². The van der Waals surface area contributed by atoms with E-state index in [4.69, 9.17) is 4.74 Å². The van der Waals surface area contributed by atoms with Gasteiger partial charge in [0.25, 0.3) is 0 Å². The van der Waals surface area contributed by atoms with Crippen LogP contribution in [0.25, 0.3) is 0 Å². The maximum atomic E-state index is 13.5. The molecule has 1 saturated carbocycles. The monoisotopic (exact) mass is 283 g/mol.